The summed E-state index contributed by atoms with van der Waals surface area (Å²) in [5, 5.41) is 0. The van der Waals surface area contributed by atoms with E-state index in [-0.39, 0.29) is 0 Å². The molecule has 0 aliphatic heterocycles. The topological polar surface area (TPSA) is 3.24 Å². The van der Waals surface area contributed by atoms with Crippen molar-refractivity contribution in [3.8, 4) is 0 Å². The number of hydrogen-bond donors (Lipinski definition) is 1. The molecule has 0 aliphatic carbocycles. The lowest BCUT2D eigenvalue weighted by Gasteiger charge is -2.15. The minimum Gasteiger partial charge on any atom is -0.293 e. The van der Waals surface area contributed by atoms with E-state index in [0.717, 1.165) is 12.4 Å². The maximum Gasteiger partial charge on any atom is 0.0414 e. The molecule has 0 saturated heterocycles. The molecule has 1 rings (SSSR count). The van der Waals surface area contributed by atoms with Gasteiger partial charge >= 0.3 is 0 Å². The third-order valence-electron chi connectivity index (χ3n) is 2.19. The highest BCUT2D eigenvalue weighted by atomic mass is 32.1. The molecule has 0 N–H and O–H groups in total. The second-order valence-electron chi connectivity index (χ2n) is 3.59. The average Bonchev–Trinajstić information content (AvgIpc) is 2.11. The van der Waals surface area contributed by atoms with E-state index in [2.05, 4.69) is 56.6 Å². The third kappa shape index (κ3) is 3.05. The molecule has 0 aliphatic rings. The Balaban J connectivity index is 2.81. The SMILES string of the molecule is Cc1ccc(C)c(CN(C)CS)c1. The van der Waals surface area contributed by atoms with Crippen molar-refractivity contribution in [1.82, 2.24) is 4.90 Å². The highest BCUT2D eigenvalue weighted by Gasteiger charge is 2.01. The minimum absolute atomic E-state index is 0.799. The van der Waals surface area contributed by atoms with E-state index in [1.165, 1.54) is 16.7 Å². The van der Waals surface area contributed by atoms with Crippen LogP contribution in [-0.2, 0) is 6.54 Å². The fourth-order valence-corrected chi connectivity index (χ4v) is 1.41. The predicted molar refractivity (Wildman–Crippen MR) is 61.2 cm³/mol. The molecule has 13 heavy (non-hydrogen) atoms. The van der Waals surface area contributed by atoms with Crippen molar-refractivity contribution in [2.45, 2.75) is 20.4 Å². The van der Waals surface area contributed by atoms with Gasteiger partial charge in [-0.3, -0.25) is 4.90 Å². The molecular weight excluding hydrogens is 178 g/mol. The van der Waals surface area contributed by atoms with Crippen LogP contribution in [0.25, 0.3) is 0 Å². The van der Waals surface area contributed by atoms with Gasteiger partial charge in [-0.2, -0.15) is 12.6 Å². The third-order valence-corrected chi connectivity index (χ3v) is 2.67. The van der Waals surface area contributed by atoms with Gasteiger partial charge in [-0.1, -0.05) is 23.8 Å². The molecule has 0 atom stereocenters. The molecule has 0 saturated carbocycles. The molecular formula is C11H17NS. The summed E-state index contributed by atoms with van der Waals surface area (Å²) in [6.45, 7) is 5.27. The second-order valence-corrected chi connectivity index (χ2v) is 3.87. The molecule has 1 aromatic rings. The van der Waals surface area contributed by atoms with Crippen molar-refractivity contribution in [3.05, 3.63) is 34.9 Å². The molecule has 0 radical (unpaired) electrons. The van der Waals surface area contributed by atoms with E-state index in [1.54, 1.807) is 0 Å². The Kier molecular flexibility index (Phi) is 3.82. The Hall–Kier alpha value is -0.470. The lowest BCUT2D eigenvalue weighted by molar-refractivity contribution is 0.386. The highest BCUT2D eigenvalue weighted by Crippen LogP contribution is 2.12. The van der Waals surface area contributed by atoms with Gasteiger partial charge in [0, 0.05) is 12.4 Å². The van der Waals surface area contributed by atoms with Crippen LogP contribution in [0.5, 0.6) is 0 Å². The van der Waals surface area contributed by atoms with Crippen LogP contribution in [0.15, 0.2) is 18.2 Å². The molecule has 0 spiro atoms. The zero-order chi connectivity index (χ0) is 9.84. The Morgan fingerprint density at radius 1 is 1.31 bits per heavy atom. The zero-order valence-corrected chi connectivity index (χ0v) is 9.44. The molecule has 1 nitrogen and oxygen atoms in total. The summed E-state index contributed by atoms with van der Waals surface area (Å²) in [6.07, 6.45) is 0. The number of nitrogens with zero attached hydrogens (tertiary/aromatic N) is 1. The van der Waals surface area contributed by atoms with E-state index in [4.69, 9.17) is 0 Å². The van der Waals surface area contributed by atoms with Crippen LogP contribution in [-0.4, -0.2) is 17.8 Å². The van der Waals surface area contributed by atoms with Crippen LogP contribution in [0.1, 0.15) is 16.7 Å². The summed E-state index contributed by atoms with van der Waals surface area (Å²) in [4.78, 5) is 2.19. The summed E-state index contributed by atoms with van der Waals surface area (Å²) < 4.78 is 0. The van der Waals surface area contributed by atoms with E-state index in [1.807, 2.05) is 0 Å². The molecule has 0 amide bonds. The highest BCUT2D eigenvalue weighted by molar-refractivity contribution is 7.80. The smallest absolute Gasteiger partial charge is 0.0414 e. The van der Waals surface area contributed by atoms with Gasteiger partial charge in [0.15, 0.2) is 0 Å². The number of benzene rings is 1. The van der Waals surface area contributed by atoms with Crippen molar-refractivity contribution in [2.24, 2.45) is 0 Å². The predicted octanol–water partition coefficient (Wildman–Crippen LogP) is 2.62. The summed E-state index contributed by atoms with van der Waals surface area (Å²) in [5.74, 6) is 0.799. The van der Waals surface area contributed by atoms with Gasteiger partial charge in [-0.05, 0) is 32.0 Å². The molecule has 72 valence electrons. The maximum absolute atomic E-state index is 4.23. The zero-order valence-electron chi connectivity index (χ0n) is 8.54. The number of thiol groups is 1. The lowest BCUT2D eigenvalue weighted by Crippen LogP contribution is -2.16. The summed E-state index contributed by atoms with van der Waals surface area (Å²) in [7, 11) is 2.08. The van der Waals surface area contributed by atoms with Gasteiger partial charge in [0.1, 0.15) is 0 Å². The Morgan fingerprint density at radius 2 is 2.00 bits per heavy atom. The number of rotatable bonds is 3. The van der Waals surface area contributed by atoms with E-state index < -0.39 is 0 Å². The molecule has 0 fully saturated rings. The van der Waals surface area contributed by atoms with Crippen molar-refractivity contribution in [1.29, 1.82) is 0 Å². The van der Waals surface area contributed by atoms with Crippen molar-refractivity contribution in [2.75, 3.05) is 12.9 Å². The molecule has 1 aromatic carbocycles. The lowest BCUT2D eigenvalue weighted by atomic mass is 10.1. The first-order valence-electron chi connectivity index (χ1n) is 4.49. The van der Waals surface area contributed by atoms with E-state index in [0.29, 0.717) is 0 Å². The summed E-state index contributed by atoms with van der Waals surface area (Å²) in [6, 6.07) is 6.58. The Bertz CT molecular complexity index is 283. The van der Waals surface area contributed by atoms with Crippen LogP contribution in [0.3, 0.4) is 0 Å². The fourth-order valence-electron chi connectivity index (χ4n) is 1.31. The number of hydrogen-bond acceptors (Lipinski definition) is 2. The average molecular weight is 195 g/mol. The van der Waals surface area contributed by atoms with Crippen LogP contribution in [0.2, 0.25) is 0 Å². The minimum atomic E-state index is 0.799. The first-order chi connectivity index (χ1) is 6.13. The Morgan fingerprint density at radius 3 is 2.62 bits per heavy atom. The number of aryl methyl sites for hydroxylation is 2. The monoisotopic (exact) mass is 195 g/mol. The second kappa shape index (κ2) is 4.68. The van der Waals surface area contributed by atoms with Crippen LogP contribution in [0, 0.1) is 13.8 Å². The van der Waals surface area contributed by atoms with Gasteiger partial charge in [0.2, 0.25) is 0 Å². The van der Waals surface area contributed by atoms with Gasteiger partial charge in [0.25, 0.3) is 0 Å². The summed E-state index contributed by atoms with van der Waals surface area (Å²) >= 11 is 4.23. The van der Waals surface area contributed by atoms with Crippen LogP contribution >= 0.6 is 12.6 Å². The molecule has 0 heterocycles. The van der Waals surface area contributed by atoms with Crippen molar-refractivity contribution >= 4 is 12.6 Å². The normalized spacial score (nSPS) is 10.8. The van der Waals surface area contributed by atoms with Gasteiger partial charge in [-0.25, -0.2) is 0 Å². The van der Waals surface area contributed by atoms with Crippen molar-refractivity contribution < 1.29 is 0 Å². The van der Waals surface area contributed by atoms with Crippen LogP contribution in [0.4, 0.5) is 0 Å². The maximum atomic E-state index is 4.23. The molecule has 0 bridgehead atoms. The van der Waals surface area contributed by atoms with E-state index >= 15 is 0 Å². The fraction of sp³-hybridized carbons (Fsp3) is 0.455. The largest absolute Gasteiger partial charge is 0.293 e. The summed E-state index contributed by atoms with van der Waals surface area (Å²) in [5.41, 5.74) is 4.09. The van der Waals surface area contributed by atoms with Gasteiger partial charge in [-0.15, -0.1) is 0 Å². The first-order valence-corrected chi connectivity index (χ1v) is 5.12. The Labute approximate surface area is 86.2 Å². The van der Waals surface area contributed by atoms with Gasteiger partial charge < -0.3 is 0 Å². The molecule has 2 heteroatoms. The van der Waals surface area contributed by atoms with E-state index in [9.17, 15) is 0 Å². The molecule has 0 unspecified atom stereocenters. The van der Waals surface area contributed by atoms with Gasteiger partial charge in [0.05, 0.1) is 0 Å². The quantitative estimate of drug-likeness (QED) is 0.573. The standard InChI is InChI=1S/C11H17NS/c1-9-4-5-10(2)11(6-9)7-12(3)8-13/h4-6,13H,7-8H2,1-3H3. The van der Waals surface area contributed by atoms with Crippen LogP contribution < -0.4 is 0 Å². The van der Waals surface area contributed by atoms with Crippen molar-refractivity contribution in [3.63, 3.8) is 0 Å². The first kappa shape index (κ1) is 10.6. The molecule has 0 aromatic heterocycles.